The fraction of sp³-hybridized carbons (Fsp3) is 0.0769. The molecule has 0 aliphatic carbocycles. The van der Waals surface area contributed by atoms with Gasteiger partial charge in [0, 0.05) is 16.7 Å². The number of ether oxygens (including phenoxy) is 2. The Balaban J connectivity index is 1.51. The molecular weight excluding hydrogens is 470 g/mol. The van der Waals surface area contributed by atoms with Crippen LogP contribution in [0.5, 0.6) is 11.5 Å². The van der Waals surface area contributed by atoms with Crippen LogP contribution in [0.1, 0.15) is 21.5 Å². The van der Waals surface area contributed by atoms with Gasteiger partial charge in [-0.25, -0.2) is 10.2 Å². The second-order valence-electron chi connectivity index (χ2n) is 7.06. The molecule has 3 aromatic carbocycles. The van der Waals surface area contributed by atoms with Crippen molar-refractivity contribution in [3.05, 3.63) is 101 Å². The molecule has 2 amide bonds. The number of amides is 2. The van der Waals surface area contributed by atoms with Gasteiger partial charge in [0.15, 0.2) is 11.5 Å². The fourth-order valence-electron chi connectivity index (χ4n) is 2.83. The number of esters is 1. The molecule has 2 N–H and O–H groups in total. The number of carbonyl (C=O) groups excluding carboxylic acids is 3. The number of nitrogens with zero attached hydrogens (tertiary/aromatic N) is 1. The minimum absolute atomic E-state index is 0.236. The van der Waals surface area contributed by atoms with Crippen LogP contribution < -0.4 is 20.2 Å². The summed E-state index contributed by atoms with van der Waals surface area (Å²) < 4.78 is 10.6. The topological polar surface area (TPSA) is 106 Å². The van der Waals surface area contributed by atoms with Gasteiger partial charge in [0.05, 0.1) is 19.9 Å². The predicted molar refractivity (Wildman–Crippen MR) is 134 cm³/mol. The van der Waals surface area contributed by atoms with E-state index in [4.69, 9.17) is 21.1 Å². The molecule has 0 fully saturated rings. The Morgan fingerprint density at radius 3 is 2.49 bits per heavy atom. The number of benzene rings is 3. The number of nitrogens with one attached hydrogen (secondary N) is 2. The van der Waals surface area contributed by atoms with Crippen molar-refractivity contribution in [2.24, 2.45) is 5.10 Å². The minimum atomic E-state index is -0.555. The van der Waals surface area contributed by atoms with E-state index in [0.29, 0.717) is 21.9 Å². The van der Waals surface area contributed by atoms with E-state index in [1.54, 1.807) is 42.5 Å². The number of halogens is 1. The molecular formula is C26H22ClN3O5. The first-order valence-electron chi connectivity index (χ1n) is 10.4. The lowest BCUT2D eigenvalue weighted by molar-refractivity contribution is -0.129. The molecule has 9 heteroatoms. The lowest BCUT2D eigenvalue weighted by Gasteiger charge is -2.08. The molecule has 0 aliphatic rings. The first kappa shape index (κ1) is 25.2. The third-order valence-electron chi connectivity index (χ3n) is 4.51. The summed E-state index contributed by atoms with van der Waals surface area (Å²) in [7, 11) is 1.44. The first-order chi connectivity index (χ1) is 16.9. The van der Waals surface area contributed by atoms with Gasteiger partial charge in [-0.15, -0.1) is 0 Å². The Kier molecular flexibility index (Phi) is 9.15. The Morgan fingerprint density at radius 2 is 1.74 bits per heavy atom. The third-order valence-corrected chi connectivity index (χ3v) is 4.74. The summed E-state index contributed by atoms with van der Waals surface area (Å²) in [5.41, 5.74) is 4.12. The van der Waals surface area contributed by atoms with E-state index in [0.717, 1.165) is 5.56 Å². The third kappa shape index (κ3) is 8.13. The van der Waals surface area contributed by atoms with Gasteiger partial charge in [-0.1, -0.05) is 48.0 Å². The highest BCUT2D eigenvalue weighted by Gasteiger charge is 2.10. The maximum atomic E-state index is 12.1. The van der Waals surface area contributed by atoms with Crippen molar-refractivity contribution in [2.75, 3.05) is 13.7 Å². The van der Waals surface area contributed by atoms with Crippen LogP contribution in [0.3, 0.4) is 0 Å². The van der Waals surface area contributed by atoms with E-state index >= 15 is 0 Å². The smallest absolute Gasteiger partial charge is 0.336 e. The van der Waals surface area contributed by atoms with Gasteiger partial charge in [0.1, 0.15) is 0 Å². The summed E-state index contributed by atoms with van der Waals surface area (Å²) in [6.45, 7) is -0.266. The van der Waals surface area contributed by atoms with Crippen molar-refractivity contribution < 1.29 is 23.9 Å². The Bertz CT molecular complexity index is 1260. The quantitative estimate of drug-likeness (QED) is 0.155. The molecule has 0 aromatic heterocycles. The number of hydrogen-bond acceptors (Lipinski definition) is 6. The van der Waals surface area contributed by atoms with Crippen LogP contribution in [0.25, 0.3) is 6.08 Å². The molecule has 0 spiro atoms. The Hall–Kier alpha value is -4.43. The molecule has 8 nitrogen and oxygen atoms in total. The summed E-state index contributed by atoms with van der Waals surface area (Å²) in [6.07, 6.45) is 4.36. The van der Waals surface area contributed by atoms with Gasteiger partial charge < -0.3 is 14.8 Å². The zero-order valence-corrected chi connectivity index (χ0v) is 19.5. The average molecular weight is 492 g/mol. The molecule has 0 unspecified atom stereocenters. The van der Waals surface area contributed by atoms with Crippen molar-refractivity contribution >= 4 is 41.7 Å². The lowest BCUT2D eigenvalue weighted by atomic mass is 10.2. The van der Waals surface area contributed by atoms with E-state index in [1.165, 1.54) is 25.5 Å². The highest BCUT2D eigenvalue weighted by molar-refractivity contribution is 6.31. The molecule has 0 radical (unpaired) electrons. The SMILES string of the molecule is COc1cc(C=NNC(=O)CNC(=O)c2cccc(Cl)c2)ccc1OC(=O)C=Cc1ccccc1. The molecule has 0 saturated heterocycles. The van der Waals surface area contributed by atoms with Gasteiger partial charge in [0.2, 0.25) is 0 Å². The van der Waals surface area contributed by atoms with E-state index in [2.05, 4.69) is 15.8 Å². The summed E-state index contributed by atoms with van der Waals surface area (Å²) in [5.74, 6) is -0.948. The van der Waals surface area contributed by atoms with Crippen molar-refractivity contribution in [1.29, 1.82) is 0 Å². The highest BCUT2D eigenvalue weighted by atomic mass is 35.5. The molecule has 178 valence electrons. The van der Waals surface area contributed by atoms with Crippen LogP contribution in [-0.4, -0.2) is 37.7 Å². The Labute approximate surface area is 207 Å². The van der Waals surface area contributed by atoms with Crippen LogP contribution in [0.4, 0.5) is 0 Å². The fourth-order valence-corrected chi connectivity index (χ4v) is 3.02. The maximum Gasteiger partial charge on any atom is 0.336 e. The Morgan fingerprint density at radius 1 is 0.943 bits per heavy atom. The maximum absolute atomic E-state index is 12.1. The van der Waals surface area contributed by atoms with E-state index < -0.39 is 17.8 Å². The number of methoxy groups -OCH3 is 1. The van der Waals surface area contributed by atoms with Gasteiger partial charge in [-0.3, -0.25) is 9.59 Å². The van der Waals surface area contributed by atoms with Crippen LogP contribution in [-0.2, 0) is 9.59 Å². The van der Waals surface area contributed by atoms with Crippen molar-refractivity contribution in [1.82, 2.24) is 10.7 Å². The molecule has 3 rings (SSSR count). The number of carbonyl (C=O) groups is 3. The van der Waals surface area contributed by atoms with E-state index in [-0.39, 0.29) is 12.3 Å². The summed E-state index contributed by atoms with van der Waals surface area (Å²) >= 11 is 5.86. The van der Waals surface area contributed by atoms with Crippen LogP contribution in [0, 0.1) is 0 Å². The zero-order chi connectivity index (χ0) is 25.0. The van der Waals surface area contributed by atoms with Gasteiger partial charge >= 0.3 is 5.97 Å². The highest BCUT2D eigenvalue weighted by Crippen LogP contribution is 2.27. The zero-order valence-electron chi connectivity index (χ0n) is 18.7. The second-order valence-corrected chi connectivity index (χ2v) is 7.50. The number of hydrazone groups is 1. The summed E-state index contributed by atoms with van der Waals surface area (Å²) in [6, 6.07) is 20.5. The molecule has 35 heavy (non-hydrogen) atoms. The van der Waals surface area contributed by atoms with Gasteiger partial charge in [-0.2, -0.15) is 5.10 Å². The largest absolute Gasteiger partial charge is 0.493 e. The minimum Gasteiger partial charge on any atom is -0.493 e. The van der Waals surface area contributed by atoms with Crippen molar-refractivity contribution in [3.8, 4) is 11.5 Å². The standard InChI is InChI=1S/C26H22ClN3O5/c1-34-23-14-19(10-12-22(23)35-25(32)13-11-18-6-3-2-4-7-18)16-29-30-24(31)17-28-26(33)20-8-5-9-21(27)15-20/h2-16H,17H2,1H3,(H,28,33)(H,30,31). The van der Waals surface area contributed by atoms with Crippen LogP contribution in [0.2, 0.25) is 5.02 Å². The molecule has 3 aromatic rings. The number of rotatable bonds is 9. The second kappa shape index (κ2) is 12.7. The monoisotopic (exact) mass is 491 g/mol. The lowest BCUT2D eigenvalue weighted by Crippen LogP contribution is -2.34. The molecule has 0 bridgehead atoms. The molecule has 0 saturated carbocycles. The van der Waals surface area contributed by atoms with Crippen molar-refractivity contribution in [2.45, 2.75) is 0 Å². The van der Waals surface area contributed by atoms with Crippen molar-refractivity contribution in [3.63, 3.8) is 0 Å². The first-order valence-corrected chi connectivity index (χ1v) is 10.8. The van der Waals surface area contributed by atoms with Gasteiger partial charge in [-0.05, 0) is 53.6 Å². The molecule has 0 atom stereocenters. The van der Waals surface area contributed by atoms with E-state index in [1.807, 2.05) is 30.3 Å². The van der Waals surface area contributed by atoms with Crippen LogP contribution >= 0.6 is 11.6 Å². The van der Waals surface area contributed by atoms with Gasteiger partial charge in [0.25, 0.3) is 11.8 Å². The summed E-state index contributed by atoms with van der Waals surface area (Å²) in [4.78, 5) is 36.1. The van der Waals surface area contributed by atoms with E-state index in [9.17, 15) is 14.4 Å². The molecule has 0 aliphatic heterocycles. The summed E-state index contributed by atoms with van der Waals surface area (Å²) in [5, 5.41) is 6.77. The number of hydrogen-bond donors (Lipinski definition) is 2. The molecule has 0 heterocycles. The normalized spacial score (nSPS) is 10.8. The average Bonchev–Trinajstić information content (AvgIpc) is 2.87. The van der Waals surface area contributed by atoms with Crippen LogP contribution in [0.15, 0.2) is 84.0 Å². The predicted octanol–water partition coefficient (Wildman–Crippen LogP) is 3.85.